The summed E-state index contributed by atoms with van der Waals surface area (Å²) in [7, 11) is 0. The Morgan fingerprint density at radius 3 is 3.00 bits per heavy atom. The largest absolute Gasteiger partial charge is 0.488 e. The van der Waals surface area contributed by atoms with Gasteiger partial charge in [-0.25, -0.2) is 18.9 Å². The van der Waals surface area contributed by atoms with Gasteiger partial charge in [-0.1, -0.05) is 6.58 Å². The summed E-state index contributed by atoms with van der Waals surface area (Å²) in [6.45, 7) is 9.56. The van der Waals surface area contributed by atoms with Gasteiger partial charge in [-0.3, -0.25) is 0 Å². The molecule has 0 aromatic carbocycles. The first-order valence-electron chi connectivity index (χ1n) is 10.0. The Morgan fingerprint density at radius 1 is 1.27 bits per heavy atom. The number of pyridine rings is 1. The lowest BCUT2D eigenvalue weighted by atomic mass is 10.1. The zero-order chi connectivity index (χ0) is 20.8. The first-order valence-corrected chi connectivity index (χ1v) is 10.0. The molecule has 0 amide bonds. The van der Waals surface area contributed by atoms with Crippen molar-refractivity contribution in [3.8, 4) is 11.6 Å². The minimum absolute atomic E-state index is 0.0520. The Morgan fingerprint density at radius 2 is 2.13 bits per heavy atom. The normalized spacial score (nSPS) is 21.4. The zero-order valence-corrected chi connectivity index (χ0v) is 16.9. The molecular formula is C21H23FN6O2. The van der Waals surface area contributed by atoms with Crippen LogP contribution in [0.25, 0.3) is 11.3 Å². The number of hydrogen-bond donors (Lipinski definition) is 1. The molecule has 0 aliphatic carbocycles. The van der Waals surface area contributed by atoms with Crippen molar-refractivity contribution in [1.82, 2.24) is 24.9 Å². The maximum absolute atomic E-state index is 14.1. The molecular weight excluding hydrogens is 387 g/mol. The second-order valence-electron chi connectivity index (χ2n) is 7.82. The monoisotopic (exact) mass is 410 g/mol. The molecule has 3 aromatic rings. The van der Waals surface area contributed by atoms with Crippen molar-refractivity contribution in [3.63, 3.8) is 0 Å². The van der Waals surface area contributed by atoms with E-state index in [1.54, 1.807) is 10.7 Å². The summed E-state index contributed by atoms with van der Waals surface area (Å²) >= 11 is 0. The minimum atomic E-state index is -0.401. The van der Waals surface area contributed by atoms with Gasteiger partial charge >= 0.3 is 0 Å². The van der Waals surface area contributed by atoms with Crippen LogP contribution in [-0.4, -0.2) is 44.9 Å². The molecule has 5 rings (SSSR count). The van der Waals surface area contributed by atoms with Gasteiger partial charge in [0.25, 0.3) is 0 Å². The van der Waals surface area contributed by atoms with Gasteiger partial charge in [0.1, 0.15) is 12.4 Å². The van der Waals surface area contributed by atoms with Crippen molar-refractivity contribution in [2.24, 2.45) is 0 Å². The first-order chi connectivity index (χ1) is 14.5. The Balaban J connectivity index is 1.71. The number of fused-ring (bicyclic) bond motifs is 1. The van der Waals surface area contributed by atoms with E-state index in [9.17, 15) is 4.39 Å². The van der Waals surface area contributed by atoms with Gasteiger partial charge in [0.05, 0.1) is 43.3 Å². The minimum Gasteiger partial charge on any atom is -0.488 e. The first kappa shape index (κ1) is 18.7. The van der Waals surface area contributed by atoms with E-state index in [2.05, 4.69) is 33.8 Å². The highest BCUT2D eigenvalue weighted by Crippen LogP contribution is 2.35. The summed E-state index contributed by atoms with van der Waals surface area (Å²) in [6.07, 6.45) is 5.56. The fourth-order valence-corrected chi connectivity index (χ4v) is 3.86. The van der Waals surface area contributed by atoms with Crippen molar-refractivity contribution >= 4 is 17.2 Å². The van der Waals surface area contributed by atoms with Gasteiger partial charge in [0.15, 0.2) is 17.2 Å². The average Bonchev–Trinajstić information content (AvgIpc) is 3.06. The molecule has 0 saturated carbocycles. The van der Waals surface area contributed by atoms with E-state index < -0.39 is 5.82 Å². The molecule has 0 saturated heterocycles. The van der Waals surface area contributed by atoms with E-state index in [4.69, 9.17) is 14.5 Å². The number of anilines is 1. The van der Waals surface area contributed by atoms with E-state index in [-0.39, 0.29) is 12.1 Å². The summed E-state index contributed by atoms with van der Waals surface area (Å²) < 4.78 is 27.7. The van der Waals surface area contributed by atoms with Crippen molar-refractivity contribution in [3.05, 3.63) is 48.2 Å². The number of halogens is 1. The van der Waals surface area contributed by atoms with Gasteiger partial charge in [-0.2, -0.15) is 5.10 Å². The zero-order valence-electron chi connectivity index (χ0n) is 16.9. The number of nitrogens with zero attached hydrogens (tertiary/aromatic N) is 5. The quantitative estimate of drug-likeness (QED) is 0.611. The van der Waals surface area contributed by atoms with Crippen LogP contribution >= 0.6 is 0 Å². The number of rotatable bonds is 0. The second kappa shape index (κ2) is 7.16. The van der Waals surface area contributed by atoms with Crippen LogP contribution in [0.5, 0.6) is 11.6 Å². The summed E-state index contributed by atoms with van der Waals surface area (Å²) in [4.78, 5) is 11.2. The maximum Gasteiger partial charge on any atom is 0.218 e. The number of ether oxygens (including phenoxy) is 2. The molecule has 1 N–H and O–H groups in total. The van der Waals surface area contributed by atoms with Crippen LogP contribution < -0.4 is 19.7 Å². The van der Waals surface area contributed by atoms with Gasteiger partial charge in [-0.15, -0.1) is 0 Å². The van der Waals surface area contributed by atoms with Crippen LogP contribution in [0.15, 0.2) is 31.2 Å². The molecule has 3 aromatic heterocycles. The van der Waals surface area contributed by atoms with Gasteiger partial charge in [0, 0.05) is 23.7 Å². The predicted octanol–water partition coefficient (Wildman–Crippen LogP) is 2.78. The maximum atomic E-state index is 14.1. The van der Waals surface area contributed by atoms with Crippen LogP contribution in [0.4, 0.5) is 10.2 Å². The smallest absolute Gasteiger partial charge is 0.218 e. The van der Waals surface area contributed by atoms with E-state index >= 15 is 0 Å². The van der Waals surface area contributed by atoms with E-state index in [0.717, 1.165) is 12.0 Å². The lowest BCUT2D eigenvalue weighted by molar-refractivity contribution is 0.271. The third kappa shape index (κ3) is 3.20. The third-order valence-corrected chi connectivity index (χ3v) is 5.49. The van der Waals surface area contributed by atoms with Crippen molar-refractivity contribution in [1.29, 1.82) is 0 Å². The Labute approximate surface area is 173 Å². The van der Waals surface area contributed by atoms with E-state index in [0.29, 0.717) is 54.1 Å². The van der Waals surface area contributed by atoms with Gasteiger partial charge in [0.2, 0.25) is 5.88 Å². The molecule has 2 aliphatic rings. The van der Waals surface area contributed by atoms with Crippen LogP contribution in [0, 0.1) is 5.82 Å². The molecule has 2 aliphatic heterocycles. The molecule has 156 valence electrons. The second-order valence-corrected chi connectivity index (χ2v) is 7.82. The topological polar surface area (TPSA) is 76.8 Å². The predicted molar refractivity (Wildman–Crippen MR) is 110 cm³/mol. The molecule has 2 bridgehead atoms. The van der Waals surface area contributed by atoms with Gasteiger partial charge < -0.3 is 19.7 Å². The van der Waals surface area contributed by atoms with Crippen molar-refractivity contribution in [2.75, 3.05) is 18.1 Å². The fraction of sp³-hybridized carbons (Fsp3) is 0.381. The summed E-state index contributed by atoms with van der Waals surface area (Å²) in [5, 5.41) is 7.76. The number of aromatic nitrogens is 4. The third-order valence-electron chi connectivity index (χ3n) is 5.49. The average molecular weight is 410 g/mol. The molecule has 0 unspecified atom stereocenters. The lowest BCUT2D eigenvalue weighted by Crippen LogP contribution is -2.33. The Kier molecular flexibility index (Phi) is 4.45. The number of nitrogens with one attached hydrogen (secondary N) is 1. The summed E-state index contributed by atoms with van der Waals surface area (Å²) in [5.41, 5.74) is 2.85. The highest BCUT2D eigenvalue weighted by molar-refractivity contribution is 5.75. The number of hydrogen-bond acceptors (Lipinski definition) is 7. The van der Waals surface area contributed by atoms with E-state index in [1.807, 2.05) is 13.1 Å². The standard InChI is InChI=1S/C21H23FN6O2/c1-12-11-30-21-15(6-16(22)7-23-21)9-27-13(2)4-5-29-18-10-28-19(26-20(18)27)17(8-24-28)14(3)25-12/h6-8,10,12-13,25H,3-5,9,11H2,1-2H3/t12-,13-/m1/s1. The van der Waals surface area contributed by atoms with Gasteiger partial charge in [-0.05, 0) is 19.9 Å². The van der Waals surface area contributed by atoms with Crippen LogP contribution in [0.2, 0.25) is 0 Å². The summed E-state index contributed by atoms with van der Waals surface area (Å²) in [5.74, 6) is 1.33. The molecule has 0 spiro atoms. The Hall–Kier alpha value is -3.36. The van der Waals surface area contributed by atoms with Crippen molar-refractivity contribution < 1.29 is 13.9 Å². The van der Waals surface area contributed by atoms with E-state index in [1.165, 1.54) is 12.3 Å². The SMILES string of the molecule is C=C1N[C@H](C)COc2ncc(F)cc2CN2c3nc4c1cnn4cc3OCC[C@H]2C. The molecule has 2 atom stereocenters. The molecule has 0 radical (unpaired) electrons. The van der Waals surface area contributed by atoms with Crippen molar-refractivity contribution in [2.45, 2.75) is 38.9 Å². The molecule has 5 heterocycles. The molecule has 9 heteroatoms. The molecule has 0 fully saturated rings. The Bertz CT molecular complexity index is 1130. The highest BCUT2D eigenvalue weighted by Gasteiger charge is 2.28. The highest BCUT2D eigenvalue weighted by atomic mass is 19.1. The lowest BCUT2D eigenvalue weighted by Gasteiger charge is -2.29. The summed E-state index contributed by atoms with van der Waals surface area (Å²) in [6, 6.07) is 1.54. The molecule has 30 heavy (non-hydrogen) atoms. The molecule has 8 nitrogen and oxygen atoms in total. The van der Waals surface area contributed by atoms with Crippen LogP contribution in [-0.2, 0) is 6.54 Å². The van der Waals surface area contributed by atoms with Crippen LogP contribution in [0.1, 0.15) is 31.4 Å². The fourth-order valence-electron chi connectivity index (χ4n) is 3.86. The van der Waals surface area contributed by atoms with Crippen LogP contribution in [0.3, 0.4) is 0 Å².